The number of benzene rings is 2. The second kappa shape index (κ2) is 8.04. The normalized spacial score (nSPS) is 15.4. The van der Waals surface area contributed by atoms with E-state index in [4.69, 9.17) is 0 Å². The molecule has 4 rings (SSSR count). The molecule has 0 N–H and O–H groups in total. The van der Waals surface area contributed by atoms with Crippen LogP contribution in [0.2, 0.25) is 0 Å². The monoisotopic (exact) mass is 434 g/mol. The summed E-state index contributed by atoms with van der Waals surface area (Å²) in [5.74, 6) is -1.57. The molecule has 3 aromatic rings. The molecule has 0 amide bonds. The molecule has 1 saturated heterocycles. The molecule has 1 aliphatic heterocycles. The van der Waals surface area contributed by atoms with E-state index in [1.807, 2.05) is 4.90 Å². The highest BCUT2D eigenvalue weighted by Crippen LogP contribution is 2.24. The molecule has 0 radical (unpaired) electrons. The van der Waals surface area contributed by atoms with Crippen LogP contribution in [-0.4, -0.2) is 49.1 Å². The van der Waals surface area contributed by atoms with Gasteiger partial charge in [-0.15, -0.1) is 10.2 Å². The summed E-state index contributed by atoms with van der Waals surface area (Å²) < 4.78 is 66.9. The Bertz CT molecular complexity index is 1150. The van der Waals surface area contributed by atoms with Crippen molar-refractivity contribution in [3.63, 3.8) is 0 Å². The Hall–Kier alpha value is -2.98. The smallest absolute Gasteiger partial charge is 0.246 e. The van der Waals surface area contributed by atoms with Gasteiger partial charge in [0.1, 0.15) is 22.3 Å². The molecule has 0 bridgehead atoms. The van der Waals surface area contributed by atoms with Crippen LogP contribution >= 0.6 is 0 Å². The zero-order valence-corrected chi connectivity index (χ0v) is 16.5. The van der Waals surface area contributed by atoms with Crippen LogP contribution < -0.4 is 4.90 Å². The predicted octanol–water partition coefficient (Wildman–Crippen LogP) is 3.07. The molecular formula is C20H17F3N4O2S. The van der Waals surface area contributed by atoms with E-state index >= 15 is 0 Å². The molecule has 0 atom stereocenters. The van der Waals surface area contributed by atoms with Crippen molar-refractivity contribution >= 4 is 15.8 Å². The number of aromatic nitrogens is 2. The van der Waals surface area contributed by atoms with Crippen LogP contribution in [0, 0.1) is 17.5 Å². The molecule has 1 aromatic heterocycles. The Morgan fingerprint density at radius 3 is 2.07 bits per heavy atom. The summed E-state index contributed by atoms with van der Waals surface area (Å²) in [6.07, 6.45) is 0. The van der Waals surface area contributed by atoms with Crippen molar-refractivity contribution in [3.05, 3.63) is 72.0 Å². The molecule has 0 spiro atoms. The lowest BCUT2D eigenvalue weighted by molar-refractivity contribution is 0.380. The molecule has 0 unspecified atom stereocenters. The van der Waals surface area contributed by atoms with Crippen LogP contribution in [0.4, 0.5) is 19.0 Å². The number of piperazine rings is 1. The van der Waals surface area contributed by atoms with Gasteiger partial charge in [-0.05, 0) is 54.6 Å². The molecule has 0 saturated carbocycles. The number of rotatable bonds is 4. The average Bonchev–Trinajstić information content (AvgIpc) is 2.76. The number of sulfonamides is 1. The topological polar surface area (TPSA) is 66.4 Å². The van der Waals surface area contributed by atoms with Gasteiger partial charge in [0.05, 0.1) is 5.69 Å². The van der Waals surface area contributed by atoms with Crippen LogP contribution in [0.25, 0.3) is 11.3 Å². The molecule has 1 aliphatic rings. The quantitative estimate of drug-likeness (QED) is 0.632. The van der Waals surface area contributed by atoms with E-state index in [1.54, 1.807) is 24.3 Å². The summed E-state index contributed by atoms with van der Waals surface area (Å²) in [5.41, 5.74) is 1.31. The summed E-state index contributed by atoms with van der Waals surface area (Å²) in [5, 5.41) is 8.33. The first-order valence-corrected chi connectivity index (χ1v) is 10.6. The highest BCUT2D eigenvalue weighted by molar-refractivity contribution is 7.89. The molecule has 0 aliphatic carbocycles. The fraction of sp³-hybridized carbons (Fsp3) is 0.200. The minimum atomic E-state index is -4.14. The lowest BCUT2D eigenvalue weighted by atomic mass is 10.1. The van der Waals surface area contributed by atoms with Gasteiger partial charge >= 0.3 is 0 Å². The number of hydrogen-bond donors (Lipinski definition) is 0. The van der Waals surface area contributed by atoms with E-state index in [0.717, 1.165) is 22.0 Å². The molecule has 156 valence electrons. The molecule has 30 heavy (non-hydrogen) atoms. The Kier molecular flexibility index (Phi) is 5.44. The van der Waals surface area contributed by atoms with Crippen LogP contribution in [0.3, 0.4) is 0 Å². The Balaban J connectivity index is 1.45. The number of hydrogen-bond acceptors (Lipinski definition) is 5. The van der Waals surface area contributed by atoms with E-state index in [0.29, 0.717) is 30.7 Å². The van der Waals surface area contributed by atoms with Crippen LogP contribution in [-0.2, 0) is 10.0 Å². The van der Waals surface area contributed by atoms with E-state index in [-0.39, 0.29) is 18.9 Å². The maximum atomic E-state index is 13.9. The first-order valence-electron chi connectivity index (χ1n) is 9.14. The molecule has 6 nitrogen and oxygen atoms in total. The van der Waals surface area contributed by atoms with Crippen LogP contribution in [0.5, 0.6) is 0 Å². The van der Waals surface area contributed by atoms with Gasteiger partial charge in [0, 0.05) is 31.7 Å². The van der Waals surface area contributed by atoms with Gasteiger partial charge in [0.2, 0.25) is 10.0 Å². The standard InChI is InChI=1S/C20H17F3N4O2S/c21-15-3-1-14(2-4-15)18-7-8-20(25-24-18)26-9-11-27(12-10-26)30(28,29)19-13-16(22)5-6-17(19)23/h1-8,13H,9-12H2. The minimum Gasteiger partial charge on any atom is -0.352 e. The number of halogens is 3. The largest absolute Gasteiger partial charge is 0.352 e. The molecule has 2 aromatic carbocycles. The lowest BCUT2D eigenvalue weighted by Gasteiger charge is -2.34. The Labute approximate surface area is 171 Å². The Morgan fingerprint density at radius 2 is 1.43 bits per heavy atom. The third-order valence-electron chi connectivity index (χ3n) is 4.86. The van der Waals surface area contributed by atoms with Crippen molar-refractivity contribution in [3.8, 4) is 11.3 Å². The molecule has 10 heteroatoms. The van der Waals surface area contributed by atoms with E-state index < -0.39 is 26.6 Å². The van der Waals surface area contributed by atoms with Gasteiger partial charge in [0.15, 0.2) is 5.82 Å². The zero-order chi connectivity index (χ0) is 21.3. The summed E-state index contributed by atoms with van der Waals surface area (Å²) in [7, 11) is -4.14. The predicted molar refractivity (Wildman–Crippen MR) is 105 cm³/mol. The van der Waals surface area contributed by atoms with Gasteiger partial charge < -0.3 is 4.90 Å². The average molecular weight is 434 g/mol. The number of nitrogens with zero attached hydrogens (tertiary/aromatic N) is 4. The second-order valence-corrected chi connectivity index (χ2v) is 8.66. The van der Waals surface area contributed by atoms with Crippen molar-refractivity contribution in [2.75, 3.05) is 31.1 Å². The van der Waals surface area contributed by atoms with Crippen LogP contribution in [0.15, 0.2) is 59.5 Å². The highest BCUT2D eigenvalue weighted by Gasteiger charge is 2.31. The zero-order valence-electron chi connectivity index (χ0n) is 15.7. The summed E-state index contributed by atoms with van der Waals surface area (Å²) in [6.45, 7) is 0.834. The summed E-state index contributed by atoms with van der Waals surface area (Å²) in [4.78, 5) is 1.19. The third kappa shape index (κ3) is 4.01. The molecule has 2 heterocycles. The van der Waals surface area contributed by atoms with Gasteiger partial charge in [-0.2, -0.15) is 4.31 Å². The van der Waals surface area contributed by atoms with Crippen molar-refractivity contribution in [2.24, 2.45) is 0 Å². The minimum absolute atomic E-state index is 0.0969. The first-order chi connectivity index (χ1) is 14.3. The van der Waals surface area contributed by atoms with Gasteiger partial charge in [0.25, 0.3) is 0 Å². The summed E-state index contributed by atoms with van der Waals surface area (Å²) in [6, 6.07) is 11.8. The van der Waals surface area contributed by atoms with E-state index in [1.165, 1.54) is 12.1 Å². The fourth-order valence-electron chi connectivity index (χ4n) is 3.24. The molecular weight excluding hydrogens is 417 g/mol. The fourth-order valence-corrected chi connectivity index (χ4v) is 4.74. The lowest BCUT2D eigenvalue weighted by Crippen LogP contribution is -2.49. The summed E-state index contributed by atoms with van der Waals surface area (Å²) >= 11 is 0. The van der Waals surface area contributed by atoms with E-state index in [9.17, 15) is 21.6 Å². The molecule has 1 fully saturated rings. The first kappa shape index (κ1) is 20.3. The SMILES string of the molecule is O=S(=O)(c1cc(F)ccc1F)N1CCN(c2ccc(-c3ccc(F)cc3)nn2)CC1. The van der Waals surface area contributed by atoms with Crippen molar-refractivity contribution in [2.45, 2.75) is 4.90 Å². The van der Waals surface area contributed by atoms with E-state index in [2.05, 4.69) is 10.2 Å². The van der Waals surface area contributed by atoms with Crippen LogP contribution in [0.1, 0.15) is 0 Å². The third-order valence-corrected chi connectivity index (χ3v) is 6.78. The maximum absolute atomic E-state index is 13.9. The van der Waals surface area contributed by atoms with Crippen molar-refractivity contribution < 1.29 is 21.6 Å². The Morgan fingerprint density at radius 1 is 0.767 bits per heavy atom. The van der Waals surface area contributed by atoms with Gasteiger partial charge in [-0.3, -0.25) is 0 Å². The van der Waals surface area contributed by atoms with Gasteiger partial charge in [-0.1, -0.05) is 0 Å². The van der Waals surface area contributed by atoms with Gasteiger partial charge in [-0.25, -0.2) is 21.6 Å². The van der Waals surface area contributed by atoms with Crippen molar-refractivity contribution in [1.82, 2.24) is 14.5 Å². The maximum Gasteiger partial charge on any atom is 0.246 e. The van der Waals surface area contributed by atoms with Crippen molar-refractivity contribution in [1.29, 1.82) is 0 Å². The number of anilines is 1. The second-order valence-electron chi connectivity index (χ2n) is 6.75. The highest BCUT2D eigenvalue weighted by atomic mass is 32.2.